The minimum atomic E-state index is -0.564. The van der Waals surface area contributed by atoms with Crippen LogP contribution in [0.3, 0.4) is 0 Å². The van der Waals surface area contributed by atoms with Crippen molar-refractivity contribution >= 4 is 66.4 Å². The van der Waals surface area contributed by atoms with E-state index in [1.165, 1.54) is 23.5 Å². The van der Waals surface area contributed by atoms with Gasteiger partial charge in [0.25, 0.3) is 5.91 Å². The van der Waals surface area contributed by atoms with Gasteiger partial charge >= 0.3 is 0 Å². The van der Waals surface area contributed by atoms with Gasteiger partial charge in [-0.25, -0.2) is 4.39 Å². The molecule has 0 bridgehead atoms. The second-order valence-electron chi connectivity index (χ2n) is 3.31. The highest BCUT2D eigenvalue weighted by Gasteiger charge is 2.14. The molecule has 1 amide bonds. The third kappa shape index (κ3) is 3.12. The third-order valence-corrected chi connectivity index (χ3v) is 5.54. The van der Waals surface area contributed by atoms with Crippen LogP contribution in [0.25, 0.3) is 0 Å². The van der Waals surface area contributed by atoms with Gasteiger partial charge in [-0.05, 0) is 56.1 Å². The zero-order valence-electron chi connectivity index (χ0n) is 8.64. The smallest absolute Gasteiger partial charge is 0.265 e. The molecule has 1 aromatic carbocycles. The average molecular weight is 413 g/mol. The van der Waals surface area contributed by atoms with Gasteiger partial charge in [0.2, 0.25) is 0 Å². The van der Waals surface area contributed by atoms with E-state index in [9.17, 15) is 9.18 Å². The van der Waals surface area contributed by atoms with Crippen LogP contribution in [0.5, 0.6) is 0 Å². The minimum Gasteiger partial charge on any atom is -0.319 e. The highest BCUT2D eigenvalue weighted by molar-refractivity contribution is 9.13. The maximum atomic E-state index is 13.5. The molecule has 2 aromatic rings. The van der Waals surface area contributed by atoms with Crippen LogP contribution >= 0.6 is 54.8 Å². The SMILES string of the molecule is O=C(Nc1ccc(Cl)cc1F)c1cc(Br)c(Br)s1. The van der Waals surface area contributed by atoms with Gasteiger partial charge in [-0.2, -0.15) is 0 Å². The number of benzene rings is 1. The number of hydrogen-bond donors (Lipinski definition) is 1. The molecule has 0 aliphatic rings. The first-order valence-electron chi connectivity index (χ1n) is 4.68. The Balaban J connectivity index is 2.21. The Morgan fingerprint density at radius 3 is 2.61 bits per heavy atom. The van der Waals surface area contributed by atoms with Crippen molar-refractivity contribution in [1.82, 2.24) is 0 Å². The van der Waals surface area contributed by atoms with E-state index in [-0.39, 0.29) is 16.6 Å². The summed E-state index contributed by atoms with van der Waals surface area (Å²) in [6.07, 6.45) is 0. The predicted octanol–water partition coefficient (Wildman–Crippen LogP) is 5.32. The highest BCUT2D eigenvalue weighted by Crippen LogP contribution is 2.32. The van der Waals surface area contributed by atoms with Crippen molar-refractivity contribution in [1.29, 1.82) is 0 Å². The van der Waals surface area contributed by atoms with Crippen molar-refractivity contribution in [2.75, 3.05) is 5.32 Å². The molecule has 1 N–H and O–H groups in total. The normalized spacial score (nSPS) is 10.4. The van der Waals surface area contributed by atoms with E-state index in [4.69, 9.17) is 11.6 Å². The van der Waals surface area contributed by atoms with Crippen molar-refractivity contribution in [2.45, 2.75) is 0 Å². The molecule has 2 rings (SSSR count). The molecule has 0 atom stereocenters. The topological polar surface area (TPSA) is 29.1 Å². The molecule has 1 aromatic heterocycles. The average Bonchev–Trinajstić information content (AvgIpc) is 2.63. The fourth-order valence-electron chi connectivity index (χ4n) is 1.23. The maximum Gasteiger partial charge on any atom is 0.265 e. The first-order valence-corrected chi connectivity index (χ1v) is 7.46. The van der Waals surface area contributed by atoms with Gasteiger partial charge in [0, 0.05) is 9.50 Å². The molecule has 0 fully saturated rings. The molecule has 0 aliphatic heterocycles. The van der Waals surface area contributed by atoms with Crippen LogP contribution in [-0.2, 0) is 0 Å². The van der Waals surface area contributed by atoms with Crippen LogP contribution in [-0.4, -0.2) is 5.91 Å². The number of nitrogens with one attached hydrogen (secondary N) is 1. The molecular formula is C11H5Br2ClFNOS. The Morgan fingerprint density at radius 2 is 2.06 bits per heavy atom. The van der Waals surface area contributed by atoms with Crippen molar-refractivity contribution in [3.63, 3.8) is 0 Å². The summed E-state index contributed by atoms with van der Waals surface area (Å²) >= 11 is 13.5. The van der Waals surface area contributed by atoms with Gasteiger partial charge in [0.05, 0.1) is 14.4 Å². The summed E-state index contributed by atoms with van der Waals surface area (Å²) in [4.78, 5) is 12.3. The van der Waals surface area contributed by atoms with Gasteiger partial charge in [0.1, 0.15) is 5.82 Å². The van der Waals surface area contributed by atoms with E-state index in [0.717, 1.165) is 14.3 Å². The summed E-state index contributed by atoms with van der Waals surface area (Å²) in [5, 5.41) is 2.77. The van der Waals surface area contributed by atoms with E-state index in [1.54, 1.807) is 6.07 Å². The summed E-state index contributed by atoms with van der Waals surface area (Å²) < 4.78 is 15.1. The number of halogens is 4. The predicted molar refractivity (Wildman–Crippen MR) is 79.1 cm³/mol. The first kappa shape index (κ1) is 14.0. The van der Waals surface area contributed by atoms with Gasteiger partial charge in [-0.15, -0.1) is 11.3 Å². The second-order valence-corrected chi connectivity index (χ2v) is 6.97. The highest BCUT2D eigenvalue weighted by atomic mass is 79.9. The molecule has 94 valence electrons. The first-order chi connectivity index (χ1) is 8.47. The van der Waals surface area contributed by atoms with Crippen LogP contribution in [0, 0.1) is 5.82 Å². The molecule has 2 nitrogen and oxygen atoms in total. The summed E-state index contributed by atoms with van der Waals surface area (Å²) in [7, 11) is 0. The molecule has 0 saturated carbocycles. The van der Waals surface area contributed by atoms with Crippen molar-refractivity contribution in [2.24, 2.45) is 0 Å². The fraction of sp³-hybridized carbons (Fsp3) is 0. The number of hydrogen-bond acceptors (Lipinski definition) is 2. The maximum absolute atomic E-state index is 13.5. The number of amides is 1. The van der Waals surface area contributed by atoms with Gasteiger partial charge < -0.3 is 5.32 Å². The quantitative estimate of drug-likeness (QED) is 0.710. The summed E-state index contributed by atoms with van der Waals surface area (Å²) in [6, 6.07) is 5.75. The number of rotatable bonds is 2. The Morgan fingerprint density at radius 1 is 1.33 bits per heavy atom. The lowest BCUT2D eigenvalue weighted by Gasteiger charge is -2.04. The number of anilines is 1. The third-order valence-electron chi connectivity index (χ3n) is 2.05. The molecule has 0 unspecified atom stereocenters. The Labute approximate surface area is 128 Å². The van der Waals surface area contributed by atoms with Crippen LogP contribution in [0.4, 0.5) is 10.1 Å². The van der Waals surface area contributed by atoms with E-state index < -0.39 is 5.82 Å². The van der Waals surface area contributed by atoms with Crippen molar-refractivity contribution < 1.29 is 9.18 Å². The summed E-state index contributed by atoms with van der Waals surface area (Å²) in [5.41, 5.74) is 0.102. The Kier molecular flexibility index (Phi) is 4.42. The molecule has 0 aliphatic carbocycles. The summed E-state index contributed by atoms with van der Waals surface area (Å²) in [6.45, 7) is 0. The van der Waals surface area contributed by atoms with Crippen LogP contribution < -0.4 is 5.32 Å². The summed E-state index contributed by atoms with van der Waals surface area (Å²) in [5.74, 6) is -0.932. The van der Waals surface area contributed by atoms with Gasteiger partial charge in [-0.3, -0.25) is 4.79 Å². The van der Waals surface area contributed by atoms with Crippen LogP contribution in [0.2, 0.25) is 5.02 Å². The Bertz CT molecular complexity index is 598. The van der Waals surface area contributed by atoms with E-state index in [0.29, 0.717) is 4.88 Å². The van der Waals surface area contributed by atoms with Gasteiger partial charge in [0.15, 0.2) is 0 Å². The van der Waals surface area contributed by atoms with E-state index in [1.807, 2.05) is 0 Å². The lowest BCUT2D eigenvalue weighted by atomic mass is 10.3. The number of thiophene rings is 1. The molecule has 7 heteroatoms. The van der Waals surface area contributed by atoms with E-state index >= 15 is 0 Å². The lowest BCUT2D eigenvalue weighted by Crippen LogP contribution is -2.11. The standard InChI is InChI=1S/C11H5Br2ClFNOS/c12-6-4-9(18-10(6)13)11(17)16-8-2-1-5(14)3-7(8)15/h1-4H,(H,16,17). The monoisotopic (exact) mass is 411 g/mol. The van der Waals surface area contributed by atoms with Crippen molar-refractivity contribution in [3.05, 3.63) is 48.2 Å². The zero-order valence-corrected chi connectivity index (χ0v) is 13.4. The van der Waals surface area contributed by atoms with Gasteiger partial charge in [-0.1, -0.05) is 11.6 Å². The Hall–Kier alpha value is -0.430. The molecular weight excluding hydrogens is 408 g/mol. The van der Waals surface area contributed by atoms with Crippen molar-refractivity contribution in [3.8, 4) is 0 Å². The number of carbonyl (C=O) groups excluding carboxylic acids is 1. The molecule has 0 spiro atoms. The van der Waals surface area contributed by atoms with Crippen LogP contribution in [0.1, 0.15) is 9.67 Å². The lowest BCUT2D eigenvalue weighted by molar-refractivity contribution is 0.103. The van der Waals surface area contributed by atoms with E-state index in [2.05, 4.69) is 37.2 Å². The largest absolute Gasteiger partial charge is 0.319 e. The number of carbonyl (C=O) groups is 1. The minimum absolute atomic E-state index is 0.102. The molecule has 0 radical (unpaired) electrons. The van der Waals surface area contributed by atoms with Crippen LogP contribution in [0.15, 0.2) is 32.5 Å². The second kappa shape index (κ2) is 5.69. The molecule has 1 heterocycles. The fourth-order valence-corrected chi connectivity index (χ4v) is 3.32. The zero-order chi connectivity index (χ0) is 13.3. The molecule has 0 saturated heterocycles. The molecule has 18 heavy (non-hydrogen) atoms.